The Hall–Kier alpha value is 0.0969. The highest BCUT2D eigenvalue weighted by Gasteiger charge is 2.45. The molecule has 0 amide bonds. The van der Waals surface area contributed by atoms with Gasteiger partial charge < -0.3 is 13.3 Å². The van der Waals surface area contributed by atoms with Gasteiger partial charge in [0.05, 0.1) is 0 Å². The molecule has 0 saturated heterocycles. The lowest BCUT2D eigenvalue weighted by atomic mass is 9.53. The molecule has 2 aliphatic carbocycles. The van der Waals surface area contributed by atoms with Crippen molar-refractivity contribution in [1.82, 2.24) is 0 Å². The summed E-state index contributed by atoms with van der Waals surface area (Å²) in [7, 11) is 3.05. The first kappa shape index (κ1) is 13.2. The van der Waals surface area contributed by atoms with Crippen LogP contribution in [0.4, 0.5) is 0 Å². The third-order valence-corrected chi connectivity index (χ3v) is 4.94. The Labute approximate surface area is 95.1 Å². The quantitative estimate of drug-likeness (QED) is 0.695. The Morgan fingerprint density at radius 2 is 1.67 bits per heavy atom. The van der Waals surface area contributed by atoms with Gasteiger partial charge in [-0.3, -0.25) is 0 Å². The zero-order valence-electron chi connectivity index (χ0n) is 10.4. The highest BCUT2D eigenvalue weighted by Crippen LogP contribution is 2.55. The van der Waals surface area contributed by atoms with Gasteiger partial charge in [0, 0.05) is 21.3 Å². The molecule has 2 rings (SSSR count). The fourth-order valence-electron chi connectivity index (χ4n) is 2.63. The molecule has 0 radical (unpaired) electrons. The smallest absolute Gasteiger partial charge is 0.379 e. The van der Waals surface area contributed by atoms with Crippen molar-refractivity contribution in [3.05, 3.63) is 0 Å². The van der Waals surface area contributed by atoms with Crippen molar-refractivity contribution in [3.8, 4) is 0 Å². The topological polar surface area (TPSA) is 27.7 Å². The normalized spacial score (nSPS) is 32.2. The minimum absolute atomic E-state index is 1.15. The molecule has 0 aromatic carbocycles. The van der Waals surface area contributed by atoms with E-state index in [0.717, 1.165) is 5.92 Å². The van der Waals surface area contributed by atoms with Crippen molar-refractivity contribution < 1.29 is 13.3 Å². The van der Waals surface area contributed by atoms with Crippen LogP contribution < -0.4 is 0 Å². The second kappa shape index (κ2) is 6.63. The lowest BCUT2D eigenvalue weighted by molar-refractivity contribution is -0.0267. The number of hydrogen-bond donors (Lipinski definition) is 0. The summed E-state index contributed by atoms with van der Waals surface area (Å²) in [5, 5.41) is 0. The molecule has 0 spiro atoms. The van der Waals surface area contributed by atoms with Gasteiger partial charge in [0.15, 0.2) is 0 Å². The molecule has 3 atom stereocenters. The molecule has 2 fully saturated rings. The molecule has 0 aromatic heterocycles. The van der Waals surface area contributed by atoms with Gasteiger partial charge in [-0.2, -0.15) is 0 Å². The Kier molecular flexibility index (Phi) is 5.82. The molecule has 0 heterocycles. The third-order valence-electron chi connectivity index (χ3n) is 3.79. The maximum Gasteiger partial charge on any atom is 0.483 e. The van der Waals surface area contributed by atoms with Gasteiger partial charge in [-0.25, -0.2) is 0 Å². The van der Waals surface area contributed by atoms with Crippen LogP contribution in [0.2, 0.25) is 0 Å². The van der Waals surface area contributed by atoms with E-state index < -0.39 is 9.53 Å². The molecular formula is C11H24O3Si. The Balaban J connectivity index is 0.000000153. The van der Waals surface area contributed by atoms with Gasteiger partial charge in [0.2, 0.25) is 0 Å². The molecule has 3 nitrogen and oxygen atoms in total. The van der Waals surface area contributed by atoms with Crippen LogP contribution in [0.25, 0.3) is 0 Å². The Morgan fingerprint density at radius 1 is 1.07 bits per heavy atom. The molecule has 0 N–H and O–H groups in total. The van der Waals surface area contributed by atoms with E-state index in [1.807, 2.05) is 0 Å². The highest BCUT2D eigenvalue weighted by atomic mass is 28.3. The van der Waals surface area contributed by atoms with Gasteiger partial charge in [-0.05, 0) is 37.0 Å². The van der Waals surface area contributed by atoms with Crippen molar-refractivity contribution in [3.63, 3.8) is 0 Å². The van der Waals surface area contributed by atoms with E-state index in [1.54, 1.807) is 40.6 Å². The van der Waals surface area contributed by atoms with Crippen LogP contribution in [0.3, 0.4) is 0 Å². The molecular weight excluding hydrogens is 208 g/mol. The fourth-order valence-corrected chi connectivity index (χ4v) is 3.21. The summed E-state index contributed by atoms with van der Waals surface area (Å²) in [6, 6.07) is 0. The van der Waals surface area contributed by atoms with Gasteiger partial charge in [0.25, 0.3) is 0 Å². The van der Waals surface area contributed by atoms with Gasteiger partial charge in [-0.1, -0.05) is 13.3 Å². The number of rotatable bonds is 4. The first-order valence-electron chi connectivity index (χ1n) is 5.85. The molecule has 0 bridgehead atoms. The Bertz CT molecular complexity index is 166. The second-order valence-electron chi connectivity index (χ2n) is 4.40. The minimum Gasteiger partial charge on any atom is -0.379 e. The van der Waals surface area contributed by atoms with Crippen molar-refractivity contribution in [2.75, 3.05) is 21.3 Å². The van der Waals surface area contributed by atoms with Crippen LogP contribution in [0.5, 0.6) is 0 Å². The average molecular weight is 232 g/mol. The first-order chi connectivity index (χ1) is 7.26. The number of fused-ring (bicyclic) bond motifs is 1. The van der Waals surface area contributed by atoms with E-state index in [2.05, 4.69) is 6.92 Å². The van der Waals surface area contributed by atoms with E-state index in [1.165, 1.54) is 18.3 Å². The van der Waals surface area contributed by atoms with E-state index in [-0.39, 0.29) is 0 Å². The summed E-state index contributed by atoms with van der Waals surface area (Å²) in [5.74, 6) is 3.54. The molecule has 0 aliphatic heterocycles. The van der Waals surface area contributed by atoms with Crippen LogP contribution in [0, 0.1) is 17.8 Å². The Morgan fingerprint density at radius 3 is 1.73 bits per heavy atom. The predicted molar refractivity (Wildman–Crippen MR) is 62.8 cm³/mol. The molecule has 3 unspecified atom stereocenters. The van der Waals surface area contributed by atoms with Gasteiger partial charge >= 0.3 is 9.53 Å². The summed E-state index contributed by atoms with van der Waals surface area (Å²) < 4.78 is 14.2. The standard InChI is InChI=1S/C8H14.C3H10O3Si/c1-2-6-5-7-3-4-8(6)7;1-4-7(5-2)6-3/h6-8H,2-5H2,1H3;7H,1-3H3. The van der Waals surface area contributed by atoms with Crippen LogP contribution in [0.1, 0.15) is 32.6 Å². The minimum atomic E-state index is -1.67. The molecule has 90 valence electrons. The molecule has 2 saturated carbocycles. The van der Waals surface area contributed by atoms with Crippen LogP contribution >= 0.6 is 0 Å². The van der Waals surface area contributed by atoms with Crippen LogP contribution in [-0.4, -0.2) is 30.9 Å². The molecule has 15 heavy (non-hydrogen) atoms. The van der Waals surface area contributed by atoms with Gasteiger partial charge in [0.1, 0.15) is 0 Å². The van der Waals surface area contributed by atoms with Crippen molar-refractivity contribution in [2.24, 2.45) is 17.8 Å². The monoisotopic (exact) mass is 232 g/mol. The van der Waals surface area contributed by atoms with E-state index in [9.17, 15) is 0 Å². The predicted octanol–water partition coefficient (Wildman–Crippen LogP) is 2.09. The molecule has 2 aliphatic rings. The average Bonchev–Trinajstić information content (AvgIpc) is 2.25. The summed E-state index contributed by atoms with van der Waals surface area (Å²) >= 11 is 0. The van der Waals surface area contributed by atoms with Crippen LogP contribution in [-0.2, 0) is 13.3 Å². The summed E-state index contributed by atoms with van der Waals surface area (Å²) in [6.07, 6.45) is 6.13. The van der Waals surface area contributed by atoms with E-state index in [4.69, 9.17) is 13.3 Å². The lowest BCUT2D eigenvalue weighted by Gasteiger charge is -2.53. The third kappa shape index (κ3) is 3.28. The number of hydrogen-bond acceptors (Lipinski definition) is 3. The summed E-state index contributed by atoms with van der Waals surface area (Å²) in [4.78, 5) is 0. The van der Waals surface area contributed by atoms with Gasteiger partial charge in [-0.15, -0.1) is 0 Å². The first-order valence-corrected chi connectivity index (χ1v) is 7.26. The van der Waals surface area contributed by atoms with Crippen LogP contribution in [0.15, 0.2) is 0 Å². The second-order valence-corrected chi connectivity index (χ2v) is 6.39. The maximum absolute atomic E-state index is 4.74. The lowest BCUT2D eigenvalue weighted by Crippen LogP contribution is -2.43. The zero-order valence-corrected chi connectivity index (χ0v) is 11.5. The molecule has 0 aromatic rings. The van der Waals surface area contributed by atoms with E-state index in [0.29, 0.717) is 0 Å². The fraction of sp³-hybridized carbons (Fsp3) is 1.00. The largest absolute Gasteiger partial charge is 0.483 e. The molecule has 4 heteroatoms. The van der Waals surface area contributed by atoms with Crippen molar-refractivity contribution >= 4 is 9.53 Å². The highest BCUT2D eigenvalue weighted by molar-refractivity contribution is 6.36. The van der Waals surface area contributed by atoms with Crippen molar-refractivity contribution in [1.29, 1.82) is 0 Å². The van der Waals surface area contributed by atoms with E-state index >= 15 is 0 Å². The SMILES string of the molecule is CCC1CC2CCC12.CO[SiH](OC)OC. The summed E-state index contributed by atoms with van der Waals surface area (Å²) in [5.41, 5.74) is 0. The summed E-state index contributed by atoms with van der Waals surface area (Å²) in [6.45, 7) is 2.33. The maximum atomic E-state index is 4.74. The zero-order chi connectivity index (χ0) is 11.3. The van der Waals surface area contributed by atoms with Crippen molar-refractivity contribution in [2.45, 2.75) is 32.6 Å².